The lowest BCUT2D eigenvalue weighted by Crippen LogP contribution is -1.94. The number of para-hydroxylation sites is 6. The van der Waals surface area contributed by atoms with E-state index in [0.29, 0.717) is 0 Å². The molecule has 0 bridgehead atoms. The molecule has 0 atom stereocenters. The third-order valence-electron chi connectivity index (χ3n) is 10.5. The number of furan rings is 2. The molecule has 0 aliphatic carbocycles. The molecule has 4 nitrogen and oxygen atoms in total. The van der Waals surface area contributed by atoms with Crippen LogP contribution in [0.15, 0.2) is 142 Å². The van der Waals surface area contributed by atoms with E-state index in [4.69, 9.17) is 8.83 Å². The SMILES string of the molecule is Cc1c2oc3c(-n4c5ccccc5c5ccccc54)cccc3c2c(C)c2oc3c(-n4c5ccccc5c5ccccc54)cccc3c12. The number of hydrogen-bond acceptors (Lipinski definition) is 2. The fourth-order valence-electron chi connectivity index (χ4n) is 8.42. The van der Waals surface area contributed by atoms with Crippen LogP contribution in [0.1, 0.15) is 11.1 Å². The van der Waals surface area contributed by atoms with Gasteiger partial charge in [-0.2, -0.15) is 0 Å². The van der Waals surface area contributed by atoms with Crippen LogP contribution in [-0.2, 0) is 0 Å². The molecule has 7 aromatic carbocycles. The quantitative estimate of drug-likeness (QED) is 0.194. The van der Waals surface area contributed by atoms with Gasteiger partial charge in [0.1, 0.15) is 11.2 Å². The Bertz CT molecular complexity index is 2830. The second-order valence-corrected chi connectivity index (χ2v) is 12.9. The standard InChI is InChI=1S/C44H28N2O2/c1-25-39-31-17-11-23-37(45-33-19-7-3-13-27(33)28-14-4-8-20-34(28)45)43(31)48-42(39)26(2)40-32-18-12-24-38(44(32)47-41(25)40)46-35-21-9-5-15-29(35)30-16-6-10-22-36(30)46/h3-24H,1-2H3. The maximum Gasteiger partial charge on any atom is 0.159 e. The van der Waals surface area contributed by atoms with Crippen molar-refractivity contribution in [3.05, 3.63) is 145 Å². The largest absolute Gasteiger partial charge is 0.454 e. The summed E-state index contributed by atoms with van der Waals surface area (Å²) in [7, 11) is 0. The molecule has 0 fully saturated rings. The van der Waals surface area contributed by atoms with Crippen molar-refractivity contribution < 1.29 is 8.83 Å². The van der Waals surface area contributed by atoms with Crippen LogP contribution in [0.5, 0.6) is 0 Å². The third kappa shape index (κ3) is 3.14. The molecule has 0 aliphatic rings. The fraction of sp³-hybridized carbons (Fsp3) is 0.0455. The second kappa shape index (κ2) is 9.18. The molecule has 0 unspecified atom stereocenters. The summed E-state index contributed by atoms with van der Waals surface area (Å²) in [5, 5.41) is 9.33. The van der Waals surface area contributed by atoms with Crippen molar-refractivity contribution in [1.82, 2.24) is 9.13 Å². The van der Waals surface area contributed by atoms with Gasteiger partial charge in [-0.25, -0.2) is 0 Å². The van der Waals surface area contributed by atoms with E-state index in [2.05, 4.69) is 156 Å². The van der Waals surface area contributed by atoms with E-state index in [-0.39, 0.29) is 0 Å². The van der Waals surface area contributed by atoms with E-state index < -0.39 is 0 Å². The molecular formula is C44H28N2O2. The molecule has 0 saturated carbocycles. The monoisotopic (exact) mass is 616 g/mol. The average Bonchev–Trinajstić information content (AvgIpc) is 3.89. The van der Waals surface area contributed by atoms with Gasteiger partial charge in [-0.15, -0.1) is 0 Å². The number of fused-ring (bicyclic) bond motifs is 12. The molecule has 4 heteroatoms. The van der Waals surface area contributed by atoms with Crippen molar-refractivity contribution in [3.63, 3.8) is 0 Å². The topological polar surface area (TPSA) is 36.1 Å². The second-order valence-electron chi connectivity index (χ2n) is 12.9. The summed E-state index contributed by atoms with van der Waals surface area (Å²) in [6.07, 6.45) is 0. The Balaban J connectivity index is 1.23. The summed E-state index contributed by atoms with van der Waals surface area (Å²) in [6.45, 7) is 4.35. The van der Waals surface area contributed by atoms with E-state index >= 15 is 0 Å². The smallest absolute Gasteiger partial charge is 0.159 e. The van der Waals surface area contributed by atoms with Crippen LogP contribution in [0.4, 0.5) is 0 Å². The summed E-state index contributed by atoms with van der Waals surface area (Å²) >= 11 is 0. The maximum absolute atomic E-state index is 6.99. The van der Waals surface area contributed by atoms with Gasteiger partial charge >= 0.3 is 0 Å². The molecule has 4 heterocycles. The lowest BCUT2D eigenvalue weighted by atomic mass is 9.98. The Kier molecular flexibility index (Phi) is 4.95. The van der Waals surface area contributed by atoms with E-state index in [9.17, 15) is 0 Å². The molecule has 11 aromatic rings. The van der Waals surface area contributed by atoms with E-state index in [1.54, 1.807) is 0 Å². The van der Waals surface area contributed by atoms with Crippen LogP contribution in [0, 0.1) is 13.8 Å². The summed E-state index contributed by atoms with van der Waals surface area (Å²) in [5.74, 6) is 0. The summed E-state index contributed by atoms with van der Waals surface area (Å²) < 4.78 is 18.7. The first kappa shape index (κ1) is 25.9. The van der Waals surface area contributed by atoms with Gasteiger partial charge in [0.05, 0.1) is 33.4 Å². The van der Waals surface area contributed by atoms with Gasteiger partial charge in [0, 0.05) is 54.2 Å². The molecule has 0 N–H and O–H groups in total. The zero-order chi connectivity index (χ0) is 31.7. The van der Waals surface area contributed by atoms with Crippen LogP contribution in [-0.4, -0.2) is 9.13 Å². The van der Waals surface area contributed by atoms with Crippen molar-refractivity contribution in [2.75, 3.05) is 0 Å². The van der Waals surface area contributed by atoms with Crippen molar-refractivity contribution in [2.24, 2.45) is 0 Å². The Morgan fingerprint density at radius 3 is 1.00 bits per heavy atom. The number of hydrogen-bond donors (Lipinski definition) is 0. The van der Waals surface area contributed by atoms with E-state index in [1.165, 1.54) is 21.5 Å². The van der Waals surface area contributed by atoms with Crippen LogP contribution in [0.3, 0.4) is 0 Å². The first-order valence-electron chi connectivity index (χ1n) is 16.5. The Labute approximate surface area is 274 Å². The van der Waals surface area contributed by atoms with Gasteiger partial charge in [0.25, 0.3) is 0 Å². The minimum atomic E-state index is 0.883. The zero-order valence-electron chi connectivity index (χ0n) is 26.4. The van der Waals surface area contributed by atoms with Crippen molar-refractivity contribution in [3.8, 4) is 11.4 Å². The van der Waals surface area contributed by atoms with Gasteiger partial charge in [0.15, 0.2) is 11.2 Å². The number of rotatable bonds is 2. The summed E-state index contributed by atoms with van der Waals surface area (Å²) in [6, 6.07) is 47.5. The Morgan fingerprint density at radius 2 is 0.646 bits per heavy atom. The van der Waals surface area contributed by atoms with Crippen molar-refractivity contribution in [2.45, 2.75) is 13.8 Å². The molecule has 0 amide bonds. The summed E-state index contributed by atoms with van der Waals surface area (Å²) in [5.41, 5.74) is 12.5. The van der Waals surface area contributed by atoms with Crippen LogP contribution in [0.2, 0.25) is 0 Å². The van der Waals surface area contributed by atoms with E-state index in [1.807, 2.05) is 0 Å². The minimum Gasteiger partial charge on any atom is -0.454 e. The predicted octanol–water partition coefficient (Wildman–Crippen LogP) is 12.3. The number of benzene rings is 7. The highest BCUT2D eigenvalue weighted by Crippen LogP contribution is 2.46. The highest BCUT2D eigenvalue weighted by Gasteiger charge is 2.25. The van der Waals surface area contributed by atoms with Crippen LogP contribution in [0.25, 0.3) is 98.9 Å². The number of aromatic nitrogens is 2. The molecule has 226 valence electrons. The number of nitrogens with zero attached hydrogens (tertiary/aromatic N) is 2. The predicted molar refractivity (Wildman–Crippen MR) is 199 cm³/mol. The molecule has 0 saturated heterocycles. The Hall–Kier alpha value is -6.26. The minimum absolute atomic E-state index is 0.883. The maximum atomic E-state index is 6.99. The van der Waals surface area contributed by atoms with Gasteiger partial charge in [-0.05, 0) is 50.2 Å². The lowest BCUT2D eigenvalue weighted by Gasteiger charge is -2.08. The molecular weight excluding hydrogens is 588 g/mol. The fourth-order valence-corrected chi connectivity index (χ4v) is 8.42. The van der Waals surface area contributed by atoms with Crippen molar-refractivity contribution in [1.29, 1.82) is 0 Å². The van der Waals surface area contributed by atoms with E-state index in [0.717, 1.165) is 88.4 Å². The normalized spacial score (nSPS) is 12.4. The first-order chi connectivity index (χ1) is 23.7. The van der Waals surface area contributed by atoms with Crippen LogP contribution >= 0.6 is 0 Å². The molecule has 0 radical (unpaired) electrons. The van der Waals surface area contributed by atoms with Gasteiger partial charge in [0.2, 0.25) is 0 Å². The van der Waals surface area contributed by atoms with Gasteiger partial charge in [-0.3, -0.25) is 0 Å². The molecule has 11 rings (SSSR count). The summed E-state index contributed by atoms with van der Waals surface area (Å²) in [4.78, 5) is 0. The first-order valence-corrected chi connectivity index (χ1v) is 16.5. The molecule has 48 heavy (non-hydrogen) atoms. The highest BCUT2D eigenvalue weighted by molar-refractivity contribution is 6.21. The number of aryl methyl sites for hydroxylation is 2. The van der Waals surface area contributed by atoms with Gasteiger partial charge in [-0.1, -0.05) is 97.1 Å². The molecule has 4 aromatic heterocycles. The molecule has 0 aliphatic heterocycles. The van der Waals surface area contributed by atoms with Crippen LogP contribution < -0.4 is 0 Å². The molecule has 0 spiro atoms. The third-order valence-corrected chi connectivity index (χ3v) is 10.5. The Morgan fingerprint density at radius 1 is 0.333 bits per heavy atom. The van der Waals surface area contributed by atoms with Crippen molar-refractivity contribution >= 4 is 87.5 Å². The lowest BCUT2D eigenvalue weighted by molar-refractivity contribution is 0.657. The highest BCUT2D eigenvalue weighted by atomic mass is 16.3. The average molecular weight is 617 g/mol. The zero-order valence-corrected chi connectivity index (χ0v) is 26.4. The van der Waals surface area contributed by atoms with Gasteiger partial charge < -0.3 is 18.0 Å².